The Hall–Kier alpha value is -3.67. The Labute approximate surface area is 185 Å². The third kappa shape index (κ3) is 3.23. The number of piperidine rings is 1. The first-order chi connectivity index (χ1) is 15.6. The van der Waals surface area contributed by atoms with E-state index in [0.717, 1.165) is 60.5 Å². The number of pyridine rings is 1. The summed E-state index contributed by atoms with van der Waals surface area (Å²) < 4.78 is 1.68. The highest BCUT2D eigenvalue weighted by atomic mass is 16.1. The molecule has 1 amide bonds. The molecule has 0 aromatic carbocycles. The number of nitriles is 1. The Bertz CT molecular complexity index is 1240. The Morgan fingerprint density at radius 3 is 3.00 bits per heavy atom. The largest absolute Gasteiger partial charge is 0.356 e. The second-order valence-electron chi connectivity index (χ2n) is 9.15. The van der Waals surface area contributed by atoms with E-state index in [0.29, 0.717) is 17.8 Å². The Morgan fingerprint density at radius 1 is 1.34 bits per heavy atom. The van der Waals surface area contributed by atoms with Crippen molar-refractivity contribution in [1.29, 1.82) is 5.26 Å². The lowest BCUT2D eigenvalue weighted by molar-refractivity contribution is 0.0936. The van der Waals surface area contributed by atoms with E-state index in [2.05, 4.69) is 36.6 Å². The highest BCUT2D eigenvalue weighted by Crippen LogP contribution is 2.46. The van der Waals surface area contributed by atoms with Gasteiger partial charge in [0.2, 0.25) is 0 Å². The average molecular weight is 429 g/mol. The second kappa shape index (κ2) is 7.19. The summed E-state index contributed by atoms with van der Waals surface area (Å²) in [6.07, 6.45) is 6.38. The third-order valence-electron chi connectivity index (χ3n) is 7.02. The molecule has 3 aliphatic rings. The first-order valence-corrected chi connectivity index (χ1v) is 11.1. The van der Waals surface area contributed by atoms with Crippen molar-refractivity contribution in [3.8, 4) is 6.07 Å². The van der Waals surface area contributed by atoms with Crippen LogP contribution < -0.4 is 10.2 Å². The van der Waals surface area contributed by atoms with Crippen LogP contribution in [-0.2, 0) is 13.0 Å². The molecule has 2 fully saturated rings. The molecule has 9 heteroatoms. The zero-order valence-corrected chi connectivity index (χ0v) is 17.9. The highest BCUT2D eigenvalue weighted by molar-refractivity contribution is 5.94. The van der Waals surface area contributed by atoms with Gasteiger partial charge in [-0.2, -0.15) is 15.5 Å². The van der Waals surface area contributed by atoms with Gasteiger partial charge in [-0.05, 0) is 49.7 Å². The highest BCUT2D eigenvalue weighted by Gasteiger charge is 2.45. The molecule has 2 unspecified atom stereocenters. The summed E-state index contributed by atoms with van der Waals surface area (Å²) in [4.78, 5) is 19.6. The number of H-pyrrole nitrogens is 1. The van der Waals surface area contributed by atoms with Crippen molar-refractivity contribution in [2.45, 2.75) is 38.8 Å². The van der Waals surface area contributed by atoms with Crippen LogP contribution in [0.5, 0.6) is 0 Å². The molecule has 3 aromatic rings. The molecule has 3 aromatic heterocycles. The van der Waals surface area contributed by atoms with Crippen LogP contribution in [0.25, 0.3) is 0 Å². The van der Waals surface area contributed by atoms with Crippen molar-refractivity contribution in [3.63, 3.8) is 0 Å². The van der Waals surface area contributed by atoms with Crippen molar-refractivity contribution < 1.29 is 4.79 Å². The molecule has 2 N–H and O–H groups in total. The number of aromatic nitrogens is 5. The predicted molar refractivity (Wildman–Crippen MR) is 116 cm³/mol. The van der Waals surface area contributed by atoms with Gasteiger partial charge in [0, 0.05) is 30.5 Å². The average Bonchev–Trinajstić information content (AvgIpc) is 3.27. The molecule has 1 saturated carbocycles. The first kappa shape index (κ1) is 19.0. The maximum absolute atomic E-state index is 12.8. The molecule has 0 spiro atoms. The van der Waals surface area contributed by atoms with E-state index in [1.807, 2.05) is 19.1 Å². The van der Waals surface area contributed by atoms with Crippen LogP contribution in [0.1, 0.15) is 57.5 Å². The Kier molecular flexibility index (Phi) is 4.28. The molecule has 9 nitrogen and oxygen atoms in total. The minimum absolute atomic E-state index is 0.0793. The number of rotatable bonds is 5. The van der Waals surface area contributed by atoms with Crippen molar-refractivity contribution in [2.24, 2.45) is 11.8 Å². The molecule has 0 radical (unpaired) electrons. The fourth-order valence-corrected chi connectivity index (χ4v) is 5.09. The number of carbonyl (C=O) groups is 1. The lowest BCUT2D eigenvalue weighted by Gasteiger charge is -2.19. The van der Waals surface area contributed by atoms with Crippen LogP contribution in [0.15, 0.2) is 24.5 Å². The number of anilines is 1. The van der Waals surface area contributed by atoms with Gasteiger partial charge in [-0.3, -0.25) is 14.6 Å². The number of fused-ring (bicyclic) bond motifs is 2. The lowest BCUT2D eigenvalue weighted by atomic mass is 10.2. The molecule has 1 saturated heterocycles. The fraction of sp³-hybridized carbons (Fsp3) is 0.435. The fourth-order valence-electron chi connectivity index (χ4n) is 5.09. The molecule has 0 bridgehead atoms. The van der Waals surface area contributed by atoms with E-state index in [9.17, 15) is 10.1 Å². The number of carbonyl (C=O) groups excluding carboxylic acids is 1. The summed E-state index contributed by atoms with van der Waals surface area (Å²) in [7, 11) is 0. The summed E-state index contributed by atoms with van der Waals surface area (Å²) in [6.45, 7) is 4.48. The minimum Gasteiger partial charge on any atom is -0.356 e. The summed E-state index contributed by atoms with van der Waals surface area (Å²) in [6, 6.07) is 6.08. The summed E-state index contributed by atoms with van der Waals surface area (Å²) in [5.41, 5.74) is 4.91. The number of hydrogen-bond acceptors (Lipinski definition) is 6. The zero-order chi connectivity index (χ0) is 21.8. The van der Waals surface area contributed by atoms with Crippen LogP contribution >= 0.6 is 0 Å². The maximum atomic E-state index is 12.8. The van der Waals surface area contributed by atoms with Crippen LogP contribution in [0.4, 0.5) is 5.82 Å². The van der Waals surface area contributed by atoms with Gasteiger partial charge >= 0.3 is 0 Å². The standard InChI is InChI=1S/C23H24N8O/c1-13-18-3-4-19(22(18)29-28-13)27-23(32)17-8-25-31(12-17)11-14-2-5-21(26-20(14)7-24)30-9-15-6-16(15)10-30/h2,5,8,12,15-16,19H,3-4,6,9-11H2,1H3,(H,27,32)(H,28,29)/t15?,16?,19-/m1/s1. The lowest BCUT2D eigenvalue weighted by Crippen LogP contribution is -2.27. The number of aromatic amines is 1. The van der Waals surface area contributed by atoms with Gasteiger partial charge in [-0.25, -0.2) is 4.98 Å². The quantitative estimate of drug-likeness (QED) is 0.643. The summed E-state index contributed by atoms with van der Waals surface area (Å²) in [5.74, 6) is 2.32. The SMILES string of the molecule is Cc1[nH]nc2c1CC[C@H]2NC(=O)c1cnn(Cc2ccc(N3CC4CC4C3)nc2C#N)c1. The molecular weight excluding hydrogens is 404 g/mol. The number of nitrogens with one attached hydrogen (secondary N) is 2. The van der Waals surface area contributed by atoms with E-state index in [1.54, 1.807) is 17.1 Å². The molecule has 2 aliphatic carbocycles. The maximum Gasteiger partial charge on any atom is 0.255 e. The molecule has 162 valence electrons. The molecule has 4 heterocycles. The smallest absolute Gasteiger partial charge is 0.255 e. The Morgan fingerprint density at radius 2 is 2.19 bits per heavy atom. The number of amides is 1. The van der Waals surface area contributed by atoms with Gasteiger partial charge in [0.05, 0.1) is 30.0 Å². The molecule has 1 aliphatic heterocycles. The van der Waals surface area contributed by atoms with E-state index in [-0.39, 0.29) is 11.9 Å². The second-order valence-corrected chi connectivity index (χ2v) is 9.15. The van der Waals surface area contributed by atoms with Crippen LogP contribution in [0, 0.1) is 30.1 Å². The monoisotopic (exact) mass is 428 g/mol. The zero-order valence-electron chi connectivity index (χ0n) is 17.9. The minimum atomic E-state index is -0.170. The topological polar surface area (TPSA) is 116 Å². The number of nitrogens with zero attached hydrogens (tertiary/aromatic N) is 6. The van der Waals surface area contributed by atoms with Gasteiger partial charge in [0.25, 0.3) is 5.91 Å². The Balaban J connectivity index is 1.14. The van der Waals surface area contributed by atoms with Crippen molar-refractivity contribution in [2.75, 3.05) is 18.0 Å². The van der Waals surface area contributed by atoms with Gasteiger partial charge in [-0.15, -0.1) is 0 Å². The van der Waals surface area contributed by atoms with Crippen LogP contribution in [-0.4, -0.2) is 44.0 Å². The van der Waals surface area contributed by atoms with E-state index >= 15 is 0 Å². The summed E-state index contributed by atoms with van der Waals surface area (Å²) >= 11 is 0. The van der Waals surface area contributed by atoms with Crippen molar-refractivity contribution in [1.82, 2.24) is 30.3 Å². The summed E-state index contributed by atoms with van der Waals surface area (Å²) in [5, 5.41) is 24.4. The predicted octanol–water partition coefficient (Wildman–Crippen LogP) is 2.10. The first-order valence-electron chi connectivity index (χ1n) is 11.1. The van der Waals surface area contributed by atoms with E-state index < -0.39 is 0 Å². The number of hydrogen-bond donors (Lipinski definition) is 2. The van der Waals surface area contributed by atoms with E-state index in [4.69, 9.17) is 0 Å². The van der Waals surface area contributed by atoms with Crippen LogP contribution in [0.2, 0.25) is 0 Å². The van der Waals surface area contributed by atoms with Gasteiger partial charge in [0.1, 0.15) is 17.6 Å². The normalized spacial score (nSPS) is 23.0. The van der Waals surface area contributed by atoms with Crippen molar-refractivity contribution in [3.05, 3.63) is 58.3 Å². The van der Waals surface area contributed by atoms with Gasteiger partial charge < -0.3 is 10.2 Å². The van der Waals surface area contributed by atoms with E-state index in [1.165, 1.54) is 12.0 Å². The molecule has 6 rings (SSSR count). The molecular formula is C23H24N8O. The van der Waals surface area contributed by atoms with Crippen LogP contribution in [0.3, 0.4) is 0 Å². The molecule has 3 atom stereocenters. The van der Waals surface area contributed by atoms with Crippen molar-refractivity contribution >= 4 is 11.7 Å². The molecule has 32 heavy (non-hydrogen) atoms. The van der Waals surface area contributed by atoms with Gasteiger partial charge in [-0.1, -0.05) is 6.07 Å². The number of aryl methyl sites for hydroxylation is 1. The van der Waals surface area contributed by atoms with Gasteiger partial charge in [0.15, 0.2) is 0 Å². The third-order valence-corrected chi connectivity index (χ3v) is 7.02.